The average molecular weight is 265 g/mol. The zero-order chi connectivity index (χ0) is 9.97. The number of aromatic nitrogens is 1. The van der Waals surface area contributed by atoms with Crippen LogP contribution in [0.3, 0.4) is 0 Å². The van der Waals surface area contributed by atoms with Crippen molar-refractivity contribution >= 4 is 24.8 Å². The lowest BCUT2D eigenvalue weighted by atomic mass is 10.1. The standard InChI is InChI=1S/C11H16N2O.2ClH/c1-2-13-5-3-9-7-11(14)12-8-10(9)4-6-13;;/h7-8H,2-6H2,1H3,(H,12,14);2*1H. The summed E-state index contributed by atoms with van der Waals surface area (Å²) in [6.07, 6.45) is 3.89. The first-order valence-electron chi connectivity index (χ1n) is 5.18. The number of hydrogen-bond acceptors (Lipinski definition) is 3. The second-order valence-electron chi connectivity index (χ2n) is 3.75. The maximum atomic E-state index is 9.28. The summed E-state index contributed by atoms with van der Waals surface area (Å²) in [6, 6.07) is 1.80. The molecule has 0 amide bonds. The Balaban J connectivity index is 0.00000112. The average Bonchev–Trinajstić information content (AvgIpc) is 2.39. The number of rotatable bonds is 1. The highest BCUT2D eigenvalue weighted by Crippen LogP contribution is 2.18. The molecule has 1 aliphatic rings. The molecule has 5 heteroatoms. The smallest absolute Gasteiger partial charge is 0.210 e. The molecule has 0 spiro atoms. The summed E-state index contributed by atoms with van der Waals surface area (Å²) in [5, 5.41) is 9.28. The molecule has 0 bridgehead atoms. The first kappa shape index (κ1) is 15.5. The van der Waals surface area contributed by atoms with Gasteiger partial charge in [0.15, 0.2) is 0 Å². The summed E-state index contributed by atoms with van der Waals surface area (Å²) in [4.78, 5) is 6.35. The van der Waals surface area contributed by atoms with E-state index in [0.29, 0.717) is 0 Å². The third-order valence-corrected chi connectivity index (χ3v) is 2.91. The highest BCUT2D eigenvalue weighted by Gasteiger charge is 2.13. The SMILES string of the molecule is CCN1CCc2cnc(O)cc2CC1.Cl.Cl. The van der Waals surface area contributed by atoms with Gasteiger partial charge in [-0.1, -0.05) is 6.92 Å². The van der Waals surface area contributed by atoms with Crippen LogP contribution in [0.4, 0.5) is 0 Å². The third-order valence-electron chi connectivity index (χ3n) is 2.91. The highest BCUT2D eigenvalue weighted by molar-refractivity contribution is 5.85. The molecular formula is C11H18Cl2N2O. The Hall–Kier alpha value is -0.510. The van der Waals surface area contributed by atoms with Crippen LogP contribution in [0.1, 0.15) is 18.1 Å². The number of nitrogens with zero attached hydrogens (tertiary/aromatic N) is 2. The maximum Gasteiger partial charge on any atom is 0.210 e. The van der Waals surface area contributed by atoms with Crippen molar-refractivity contribution in [3.05, 3.63) is 23.4 Å². The Morgan fingerprint density at radius 1 is 1.25 bits per heavy atom. The molecule has 0 aliphatic carbocycles. The number of halogens is 2. The van der Waals surface area contributed by atoms with Crippen LogP contribution < -0.4 is 0 Å². The first-order chi connectivity index (χ1) is 6.79. The molecule has 92 valence electrons. The van der Waals surface area contributed by atoms with Crippen molar-refractivity contribution in [2.24, 2.45) is 0 Å². The van der Waals surface area contributed by atoms with Crippen molar-refractivity contribution < 1.29 is 5.11 Å². The van der Waals surface area contributed by atoms with Gasteiger partial charge in [0.25, 0.3) is 0 Å². The molecule has 1 aliphatic heterocycles. The highest BCUT2D eigenvalue weighted by atomic mass is 35.5. The number of fused-ring (bicyclic) bond motifs is 1. The monoisotopic (exact) mass is 264 g/mol. The van der Waals surface area contributed by atoms with Crippen molar-refractivity contribution in [2.75, 3.05) is 19.6 Å². The predicted molar refractivity (Wildman–Crippen MR) is 69.9 cm³/mol. The number of aromatic hydroxyl groups is 1. The lowest BCUT2D eigenvalue weighted by Gasteiger charge is -2.16. The molecule has 1 N–H and O–H groups in total. The van der Waals surface area contributed by atoms with E-state index in [1.807, 2.05) is 6.20 Å². The van der Waals surface area contributed by atoms with Crippen LogP contribution in [0.2, 0.25) is 0 Å². The fourth-order valence-electron chi connectivity index (χ4n) is 1.96. The lowest BCUT2D eigenvalue weighted by molar-refractivity contribution is 0.303. The molecule has 0 aromatic carbocycles. The summed E-state index contributed by atoms with van der Waals surface area (Å²) >= 11 is 0. The minimum absolute atomic E-state index is 0. The van der Waals surface area contributed by atoms with Gasteiger partial charge in [0, 0.05) is 25.4 Å². The van der Waals surface area contributed by atoms with Gasteiger partial charge in [-0.3, -0.25) is 0 Å². The zero-order valence-corrected chi connectivity index (χ0v) is 11.0. The quantitative estimate of drug-likeness (QED) is 0.844. The molecule has 2 heterocycles. The summed E-state index contributed by atoms with van der Waals surface area (Å²) in [5.74, 6) is 0.147. The molecular weight excluding hydrogens is 247 g/mol. The number of pyridine rings is 1. The molecule has 0 unspecified atom stereocenters. The fraction of sp³-hybridized carbons (Fsp3) is 0.545. The lowest BCUT2D eigenvalue weighted by Crippen LogP contribution is -2.25. The van der Waals surface area contributed by atoms with E-state index >= 15 is 0 Å². The molecule has 0 fully saturated rings. The minimum Gasteiger partial charge on any atom is -0.493 e. The maximum absolute atomic E-state index is 9.28. The van der Waals surface area contributed by atoms with Gasteiger partial charge in [0.1, 0.15) is 0 Å². The fourth-order valence-corrected chi connectivity index (χ4v) is 1.96. The normalized spacial score (nSPS) is 15.3. The van der Waals surface area contributed by atoms with Crippen LogP contribution in [0.25, 0.3) is 0 Å². The summed E-state index contributed by atoms with van der Waals surface area (Å²) < 4.78 is 0. The summed E-state index contributed by atoms with van der Waals surface area (Å²) in [7, 11) is 0. The van der Waals surface area contributed by atoms with Gasteiger partial charge >= 0.3 is 0 Å². The van der Waals surface area contributed by atoms with Gasteiger partial charge < -0.3 is 10.0 Å². The van der Waals surface area contributed by atoms with Crippen LogP contribution in [0.15, 0.2) is 12.3 Å². The van der Waals surface area contributed by atoms with Crippen molar-refractivity contribution in [2.45, 2.75) is 19.8 Å². The van der Waals surface area contributed by atoms with Gasteiger partial charge in [0.2, 0.25) is 5.88 Å². The Morgan fingerprint density at radius 2 is 1.88 bits per heavy atom. The van der Waals surface area contributed by atoms with Crippen LogP contribution in [-0.4, -0.2) is 34.6 Å². The first-order valence-corrected chi connectivity index (χ1v) is 5.18. The molecule has 0 radical (unpaired) electrons. The Bertz CT molecular complexity index is 334. The second-order valence-corrected chi connectivity index (χ2v) is 3.75. The van der Waals surface area contributed by atoms with Gasteiger partial charge in [-0.2, -0.15) is 0 Å². The van der Waals surface area contributed by atoms with Gasteiger partial charge in [0.05, 0.1) is 0 Å². The molecule has 2 rings (SSSR count). The van der Waals surface area contributed by atoms with Crippen molar-refractivity contribution in [3.63, 3.8) is 0 Å². The van der Waals surface area contributed by atoms with E-state index in [0.717, 1.165) is 32.5 Å². The Morgan fingerprint density at radius 3 is 2.50 bits per heavy atom. The third kappa shape index (κ3) is 3.51. The van der Waals surface area contributed by atoms with Crippen LogP contribution in [0, 0.1) is 0 Å². The number of likely N-dealkylation sites (N-methyl/N-ethyl adjacent to an activating group) is 1. The van der Waals surface area contributed by atoms with Crippen LogP contribution in [-0.2, 0) is 12.8 Å². The predicted octanol–water partition coefficient (Wildman–Crippen LogP) is 2.05. The van der Waals surface area contributed by atoms with E-state index in [1.54, 1.807) is 6.07 Å². The molecule has 1 aromatic rings. The summed E-state index contributed by atoms with van der Waals surface area (Å²) in [6.45, 7) is 5.49. The van der Waals surface area contributed by atoms with Gasteiger partial charge in [-0.15, -0.1) is 24.8 Å². The van der Waals surface area contributed by atoms with Crippen molar-refractivity contribution in [3.8, 4) is 5.88 Å². The van der Waals surface area contributed by atoms with Gasteiger partial charge in [-0.05, 0) is 30.5 Å². The van der Waals surface area contributed by atoms with Crippen molar-refractivity contribution in [1.82, 2.24) is 9.88 Å². The van der Waals surface area contributed by atoms with E-state index < -0.39 is 0 Å². The van der Waals surface area contributed by atoms with Crippen LogP contribution in [0.5, 0.6) is 5.88 Å². The molecule has 3 nitrogen and oxygen atoms in total. The van der Waals surface area contributed by atoms with Gasteiger partial charge in [-0.25, -0.2) is 4.98 Å². The minimum atomic E-state index is 0. The van der Waals surface area contributed by atoms with E-state index in [9.17, 15) is 5.11 Å². The Kier molecular flexibility index (Phi) is 6.72. The topological polar surface area (TPSA) is 36.4 Å². The van der Waals surface area contributed by atoms with Crippen molar-refractivity contribution in [1.29, 1.82) is 0 Å². The summed E-state index contributed by atoms with van der Waals surface area (Å²) in [5.41, 5.74) is 2.55. The molecule has 16 heavy (non-hydrogen) atoms. The Labute approximate surface area is 109 Å². The van der Waals surface area contributed by atoms with E-state index in [2.05, 4.69) is 16.8 Å². The molecule has 0 saturated heterocycles. The van der Waals surface area contributed by atoms with Crippen LogP contribution >= 0.6 is 24.8 Å². The number of hydrogen-bond donors (Lipinski definition) is 1. The largest absolute Gasteiger partial charge is 0.493 e. The van der Waals surface area contributed by atoms with E-state index in [1.165, 1.54) is 11.1 Å². The molecule has 0 saturated carbocycles. The zero-order valence-electron chi connectivity index (χ0n) is 9.35. The van der Waals surface area contributed by atoms with E-state index in [4.69, 9.17) is 0 Å². The molecule has 0 atom stereocenters. The second kappa shape index (κ2) is 6.94. The van der Waals surface area contributed by atoms with E-state index in [-0.39, 0.29) is 30.7 Å². The molecule has 1 aromatic heterocycles.